The summed E-state index contributed by atoms with van der Waals surface area (Å²) in [6.45, 7) is 2.84. The molecular formula is C26H28F4N3O9P. The molecule has 0 saturated carbocycles. The van der Waals surface area contributed by atoms with Crippen molar-refractivity contribution in [2.24, 2.45) is 0 Å². The quantitative estimate of drug-likeness (QED) is 0.163. The van der Waals surface area contributed by atoms with Crippen LogP contribution in [0.1, 0.15) is 27.0 Å². The number of carbonyl (C=O) groups is 1. The molecule has 1 aromatic heterocycles. The van der Waals surface area contributed by atoms with Gasteiger partial charge in [-0.3, -0.25) is 23.7 Å². The first-order valence-electron chi connectivity index (χ1n) is 12.9. The molecule has 4 rings (SSSR count). The van der Waals surface area contributed by atoms with E-state index in [9.17, 15) is 37.2 Å². The molecule has 1 fully saturated rings. The first-order chi connectivity index (χ1) is 20.2. The Morgan fingerprint density at radius 3 is 2.51 bits per heavy atom. The van der Waals surface area contributed by atoms with Gasteiger partial charge in [0, 0.05) is 0 Å². The van der Waals surface area contributed by atoms with Gasteiger partial charge in [-0.25, -0.2) is 22.5 Å². The molecule has 0 radical (unpaired) electrons. The number of ether oxygens (including phenoxy) is 2. The second-order valence-electron chi connectivity index (χ2n) is 10.0. The SMILES string of the molecule is CC(C)OC(=O)C(C)NP(=O)(OCC1(C(F)F)OC(n2cc(F)c(=O)[nH]c2=O)C(F)C1O)Oc1ccc2ccccc2c1. The Labute approximate surface area is 241 Å². The molecule has 2 heterocycles. The Morgan fingerprint density at radius 2 is 1.86 bits per heavy atom. The first-order valence-corrected chi connectivity index (χ1v) is 14.4. The third-order valence-electron chi connectivity index (χ3n) is 6.45. The third kappa shape index (κ3) is 6.83. The van der Waals surface area contributed by atoms with Crippen molar-refractivity contribution in [2.45, 2.75) is 63.4 Å². The fraction of sp³-hybridized carbons (Fsp3) is 0.423. The van der Waals surface area contributed by atoms with Crippen LogP contribution in [0.2, 0.25) is 0 Å². The lowest BCUT2D eigenvalue weighted by Crippen LogP contribution is -2.52. The van der Waals surface area contributed by atoms with E-state index in [0.29, 0.717) is 5.39 Å². The van der Waals surface area contributed by atoms with Crippen LogP contribution in [0.3, 0.4) is 0 Å². The second-order valence-corrected chi connectivity index (χ2v) is 11.7. The van der Waals surface area contributed by atoms with E-state index in [2.05, 4.69) is 5.09 Å². The average Bonchev–Trinajstić information content (AvgIpc) is 3.19. The van der Waals surface area contributed by atoms with Gasteiger partial charge < -0.3 is 19.1 Å². The summed E-state index contributed by atoms with van der Waals surface area (Å²) in [6, 6.07) is 10.1. The third-order valence-corrected chi connectivity index (χ3v) is 8.07. The number of rotatable bonds is 11. The van der Waals surface area contributed by atoms with Gasteiger partial charge in [0.05, 0.1) is 18.9 Å². The van der Waals surface area contributed by atoms with Crippen LogP contribution in [0.15, 0.2) is 58.3 Å². The predicted molar refractivity (Wildman–Crippen MR) is 143 cm³/mol. The van der Waals surface area contributed by atoms with Crippen molar-refractivity contribution in [2.75, 3.05) is 6.61 Å². The fourth-order valence-electron chi connectivity index (χ4n) is 4.27. The fourth-order valence-corrected chi connectivity index (χ4v) is 5.79. The van der Waals surface area contributed by atoms with Crippen LogP contribution in [-0.4, -0.2) is 63.7 Å². The number of hydrogen-bond donors (Lipinski definition) is 3. The molecule has 234 valence electrons. The number of nitrogens with one attached hydrogen (secondary N) is 2. The number of fused-ring (bicyclic) bond motifs is 1. The maximum atomic E-state index is 15.2. The highest BCUT2D eigenvalue weighted by atomic mass is 31.2. The van der Waals surface area contributed by atoms with E-state index in [-0.39, 0.29) is 16.5 Å². The van der Waals surface area contributed by atoms with Gasteiger partial charge in [-0.2, -0.15) is 9.48 Å². The Morgan fingerprint density at radius 1 is 1.19 bits per heavy atom. The van der Waals surface area contributed by atoms with E-state index >= 15 is 4.39 Å². The number of H-pyrrole nitrogens is 1. The Bertz CT molecular complexity index is 1650. The summed E-state index contributed by atoms with van der Waals surface area (Å²) in [7, 11) is -4.84. The maximum Gasteiger partial charge on any atom is 0.459 e. The molecule has 17 heteroatoms. The minimum atomic E-state index is -4.84. The Balaban J connectivity index is 1.66. The lowest BCUT2D eigenvalue weighted by Gasteiger charge is -2.32. The zero-order valence-corrected chi connectivity index (χ0v) is 23.8. The molecule has 0 spiro atoms. The van der Waals surface area contributed by atoms with Crippen molar-refractivity contribution in [1.29, 1.82) is 0 Å². The van der Waals surface area contributed by atoms with E-state index in [0.717, 1.165) is 5.39 Å². The molecular weight excluding hydrogens is 605 g/mol. The van der Waals surface area contributed by atoms with Crippen molar-refractivity contribution in [3.8, 4) is 5.75 Å². The lowest BCUT2D eigenvalue weighted by molar-refractivity contribution is -0.193. The van der Waals surface area contributed by atoms with Crippen LogP contribution in [-0.2, 0) is 23.4 Å². The highest BCUT2D eigenvalue weighted by molar-refractivity contribution is 7.52. The number of aromatic nitrogens is 2. The van der Waals surface area contributed by atoms with Crippen LogP contribution in [0, 0.1) is 5.82 Å². The van der Waals surface area contributed by atoms with Crippen LogP contribution in [0.4, 0.5) is 17.6 Å². The number of esters is 1. The first kappa shape index (κ1) is 32.4. The highest BCUT2D eigenvalue weighted by Crippen LogP contribution is 2.50. The van der Waals surface area contributed by atoms with Gasteiger partial charge in [-0.05, 0) is 43.7 Å². The molecule has 43 heavy (non-hydrogen) atoms. The van der Waals surface area contributed by atoms with E-state index in [1.165, 1.54) is 24.0 Å². The molecule has 1 aliphatic heterocycles. The van der Waals surface area contributed by atoms with Crippen LogP contribution < -0.4 is 20.9 Å². The molecule has 6 unspecified atom stereocenters. The average molecular weight is 633 g/mol. The Hall–Kier alpha value is -3.56. The van der Waals surface area contributed by atoms with Gasteiger partial charge in [0.25, 0.3) is 12.0 Å². The van der Waals surface area contributed by atoms with E-state index in [1.54, 1.807) is 44.2 Å². The van der Waals surface area contributed by atoms with Crippen LogP contribution >= 0.6 is 7.75 Å². The van der Waals surface area contributed by atoms with Gasteiger partial charge in [0.1, 0.15) is 17.9 Å². The van der Waals surface area contributed by atoms with Crippen LogP contribution in [0.25, 0.3) is 10.8 Å². The van der Waals surface area contributed by atoms with Gasteiger partial charge in [0.15, 0.2) is 18.0 Å². The maximum absolute atomic E-state index is 15.2. The van der Waals surface area contributed by atoms with Gasteiger partial charge in [-0.1, -0.05) is 30.3 Å². The number of aliphatic hydroxyl groups is 1. The summed E-state index contributed by atoms with van der Waals surface area (Å²) in [5.74, 6) is -2.53. The monoisotopic (exact) mass is 633 g/mol. The van der Waals surface area contributed by atoms with Crippen molar-refractivity contribution < 1.29 is 50.5 Å². The smallest absolute Gasteiger partial charge is 0.459 e. The van der Waals surface area contributed by atoms with E-state index in [1.807, 2.05) is 0 Å². The van der Waals surface area contributed by atoms with E-state index < -0.39 is 80.1 Å². The zero-order valence-electron chi connectivity index (χ0n) is 22.9. The Kier molecular flexibility index (Phi) is 9.47. The van der Waals surface area contributed by atoms with Crippen molar-refractivity contribution in [3.05, 3.63) is 75.3 Å². The number of aromatic amines is 1. The summed E-state index contributed by atoms with van der Waals surface area (Å²) in [5.41, 5.74) is -6.15. The molecule has 6 atom stereocenters. The van der Waals surface area contributed by atoms with E-state index in [4.69, 9.17) is 18.5 Å². The standard InChI is InChI=1S/C26H28F4N3O9P/c1-13(2)40-23(36)14(3)32-43(38,42-17-9-8-15-6-4-5-7-16(15)10-17)39-12-26(24(29)30)20(34)19(28)22(41-26)33-11-18(27)21(35)31-25(33)37/h4-11,13-14,19-20,22,24,34H,12H2,1-3H3,(H,32,38)(H,31,35,37). The molecule has 12 nitrogen and oxygen atoms in total. The highest BCUT2D eigenvalue weighted by Gasteiger charge is 2.62. The number of aliphatic hydroxyl groups excluding tert-OH is 1. The molecule has 3 N–H and O–H groups in total. The number of nitrogens with zero attached hydrogens (tertiary/aromatic N) is 1. The zero-order chi connectivity index (χ0) is 31.7. The van der Waals surface area contributed by atoms with Gasteiger partial charge in [0.2, 0.25) is 5.82 Å². The number of alkyl halides is 3. The number of carbonyl (C=O) groups excluding carboxylic acids is 1. The number of benzene rings is 2. The molecule has 0 amide bonds. The number of halogens is 4. The minimum Gasteiger partial charge on any atom is -0.462 e. The summed E-state index contributed by atoms with van der Waals surface area (Å²) in [4.78, 5) is 37.5. The summed E-state index contributed by atoms with van der Waals surface area (Å²) in [5, 5.41) is 14.2. The minimum absolute atomic E-state index is 0.0746. The summed E-state index contributed by atoms with van der Waals surface area (Å²) < 4.78 is 93.0. The molecule has 0 bridgehead atoms. The van der Waals surface area contributed by atoms with Crippen LogP contribution in [0.5, 0.6) is 5.75 Å². The largest absolute Gasteiger partial charge is 0.462 e. The molecule has 2 aromatic carbocycles. The van der Waals surface area contributed by atoms with Crippen molar-refractivity contribution >= 4 is 24.5 Å². The summed E-state index contributed by atoms with van der Waals surface area (Å²) in [6.07, 6.45) is -11.9. The summed E-state index contributed by atoms with van der Waals surface area (Å²) >= 11 is 0. The lowest BCUT2D eigenvalue weighted by atomic mass is 9.97. The predicted octanol–water partition coefficient (Wildman–Crippen LogP) is 3.19. The van der Waals surface area contributed by atoms with Crippen molar-refractivity contribution in [3.63, 3.8) is 0 Å². The molecule has 3 aromatic rings. The van der Waals surface area contributed by atoms with Gasteiger partial charge >= 0.3 is 19.4 Å². The number of hydrogen-bond acceptors (Lipinski definition) is 9. The molecule has 1 saturated heterocycles. The molecule has 0 aliphatic carbocycles. The van der Waals surface area contributed by atoms with Crippen molar-refractivity contribution in [1.82, 2.24) is 14.6 Å². The van der Waals surface area contributed by atoms with Gasteiger partial charge in [-0.15, -0.1) is 0 Å². The second kappa shape index (κ2) is 12.6. The topological polar surface area (TPSA) is 158 Å². The molecule has 1 aliphatic rings. The normalized spacial score (nSPS) is 24.3.